The summed E-state index contributed by atoms with van der Waals surface area (Å²) in [4.78, 5) is 15.3. The number of sulfone groups is 1. The third kappa shape index (κ3) is 4.40. The van der Waals surface area contributed by atoms with E-state index in [-0.39, 0.29) is 34.0 Å². The highest BCUT2D eigenvalue weighted by Crippen LogP contribution is 2.20. The molecule has 2 heterocycles. The van der Waals surface area contributed by atoms with Gasteiger partial charge in [0, 0.05) is 18.1 Å². The lowest BCUT2D eigenvalue weighted by Crippen LogP contribution is -3.18. The summed E-state index contributed by atoms with van der Waals surface area (Å²) in [6.07, 6.45) is 3.45. The third-order valence-electron chi connectivity index (χ3n) is 4.92. The van der Waals surface area contributed by atoms with Gasteiger partial charge in [0.1, 0.15) is 17.6 Å². The van der Waals surface area contributed by atoms with Gasteiger partial charge >= 0.3 is 0 Å². The summed E-state index contributed by atoms with van der Waals surface area (Å²) in [6.45, 7) is 2.61. The van der Waals surface area contributed by atoms with E-state index in [9.17, 15) is 17.6 Å². The van der Waals surface area contributed by atoms with Crippen molar-refractivity contribution in [1.29, 1.82) is 0 Å². The van der Waals surface area contributed by atoms with Crippen molar-refractivity contribution in [3.63, 3.8) is 0 Å². The van der Waals surface area contributed by atoms with Crippen LogP contribution in [0.15, 0.2) is 24.3 Å². The number of piperazine rings is 1. The molecule has 1 atom stereocenters. The molecule has 5 nitrogen and oxygen atoms in total. The summed E-state index contributed by atoms with van der Waals surface area (Å²) in [7, 11) is -2.88. The minimum Gasteiger partial charge on any atom is -0.329 e. The molecule has 8 heteroatoms. The largest absolute Gasteiger partial charge is 0.329 e. The molecule has 1 aromatic rings. The Hall–Kier alpha value is -1.44. The zero-order chi connectivity index (χ0) is 18.0. The Bertz CT molecular complexity index is 769. The molecule has 136 valence electrons. The summed E-state index contributed by atoms with van der Waals surface area (Å²) in [5.74, 6) is -0.122. The van der Waals surface area contributed by atoms with Gasteiger partial charge in [0.25, 0.3) is 0 Å². The van der Waals surface area contributed by atoms with Gasteiger partial charge in [-0.2, -0.15) is 0 Å². The summed E-state index contributed by atoms with van der Waals surface area (Å²) in [5.41, 5.74) is 0.206. The fraction of sp³-hybridized carbons (Fsp3) is 0.471. The molecule has 0 aromatic heterocycles. The molecule has 3 rings (SSSR count). The number of hydrogen-bond acceptors (Lipinski definition) is 3. The molecule has 0 saturated carbocycles. The van der Waals surface area contributed by atoms with Crippen LogP contribution in [0.5, 0.6) is 0 Å². The van der Waals surface area contributed by atoms with E-state index in [2.05, 4.69) is 0 Å². The zero-order valence-electron chi connectivity index (χ0n) is 13.7. The van der Waals surface area contributed by atoms with Crippen molar-refractivity contribution in [1.82, 2.24) is 4.90 Å². The average Bonchev–Trinajstić information content (AvgIpc) is 2.94. The molecule has 1 amide bonds. The molecular formula is C17H21ClFN2O3S+. The molecule has 0 unspecified atom stereocenters. The van der Waals surface area contributed by atoms with Crippen LogP contribution in [0.25, 0.3) is 6.08 Å². The van der Waals surface area contributed by atoms with Crippen molar-refractivity contribution in [2.45, 2.75) is 12.5 Å². The number of carbonyl (C=O) groups is 1. The zero-order valence-corrected chi connectivity index (χ0v) is 15.3. The standard InChI is InChI=1S/C17H20ClFN2O3S/c18-15-2-1-3-16(19)14(15)4-5-17(22)21-9-7-20(8-10-21)13-6-11-25(23,24)12-13/h1-5,13H,6-12H2/p+1/b5-4+/t13-/m0/s1. The monoisotopic (exact) mass is 387 g/mol. The lowest BCUT2D eigenvalue weighted by atomic mass is 10.1. The second kappa shape index (κ2) is 7.43. The molecule has 0 spiro atoms. The number of benzene rings is 1. The molecule has 0 bridgehead atoms. The third-order valence-corrected chi connectivity index (χ3v) is 7.02. The van der Waals surface area contributed by atoms with Crippen LogP contribution >= 0.6 is 11.6 Å². The smallest absolute Gasteiger partial charge is 0.246 e. The van der Waals surface area contributed by atoms with Crippen molar-refractivity contribution < 1.29 is 22.5 Å². The molecule has 2 aliphatic rings. The Labute approximate surface area is 152 Å². The first-order valence-corrected chi connectivity index (χ1v) is 10.5. The number of amides is 1. The fourth-order valence-electron chi connectivity index (χ4n) is 3.47. The minimum absolute atomic E-state index is 0.148. The number of carbonyl (C=O) groups excluding carboxylic acids is 1. The van der Waals surface area contributed by atoms with Gasteiger partial charge in [0.15, 0.2) is 9.84 Å². The van der Waals surface area contributed by atoms with Crippen LogP contribution in [0, 0.1) is 5.82 Å². The second-order valence-electron chi connectivity index (χ2n) is 6.55. The van der Waals surface area contributed by atoms with Crippen molar-refractivity contribution in [2.75, 3.05) is 37.7 Å². The van der Waals surface area contributed by atoms with Crippen LogP contribution in [0.1, 0.15) is 12.0 Å². The molecule has 2 saturated heterocycles. The predicted octanol–water partition coefficient (Wildman–Crippen LogP) is 0.406. The summed E-state index contributed by atoms with van der Waals surface area (Å²) < 4.78 is 36.9. The number of nitrogens with one attached hydrogen (secondary N) is 1. The summed E-state index contributed by atoms with van der Waals surface area (Å²) in [5, 5.41) is 0.265. The highest BCUT2D eigenvalue weighted by molar-refractivity contribution is 7.91. The summed E-state index contributed by atoms with van der Waals surface area (Å²) in [6, 6.07) is 4.54. The lowest BCUT2D eigenvalue weighted by molar-refractivity contribution is -0.925. The maximum absolute atomic E-state index is 13.7. The number of hydrogen-bond donors (Lipinski definition) is 1. The SMILES string of the molecule is O=C(/C=C/c1c(F)cccc1Cl)N1CC[NH+]([C@H]2CCS(=O)(=O)C2)CC1. The second-order valence-corrected chi connectivity index (χ2v) is 9.19. The average molecular weight is 388 g/mol. The molecule has 0 aliphatic carbocycles. The van der Waals surface area contributed by atoms with Crippen LogP contribution in [-0.2, 0) is 14.6 Å². The molecule has 1 aromatic carbocycles. The molecular weight excluding hydrogens is 367 g/mol. The van der Waals surface area contributed by atoms with Crippen molar-refractivity contribution in [2.24, 2.45) is 0 Å². The van der Waals surface area contributed by atoms with Crippen LogP contribution in [0.2, 0.25) is 5.02 Å². The normalized spacial score (nSPS) is 24.1. The molecule has 2 aliphatic heterocycles. The minimum atomic E-state index is -2.88. The van der Waals surface area contributed by atoms with E-state index in [0.29, 0.717) is 19.5 Å². The first-order chi connectivity index (χ1) is 11.9. The highest BCUT2D eigenvalue weighted by Gasteiger charge is 2.37. The Morgan fingerprint density at radius 1 is 1.32 bits per heavy atom. The topological polar surface area (TPSA) is 58.9 Å². The summed E-state index contributed by atoms with van der Waals surface area (Å²) >= 11 is 5.95. The Morgan fingerprint density at radius 3 is 2.64 bits per heavy atom. The lowest BCUT2D eigenvalue weighted by Gasteiger charge is -2.34. The number of nitrogens with zero attached hydrogens (tertiary/aromatic N) is 1. The first-order valence-electron chi connectivity index (χ1n) is 8.32. The van der Waals surface area contributed by atoms with E-state index in [4.69, 9.17) is 11.6 Å². The van der Waals surface area contributed by atoms with Crippen molar-refractivity contribution in [3.05, 3.63) is 40.7 Å². The molecule has 1 N–H and O–H groups in total. The quantitative estimate of drug-likeness (QED) is 0.764. The molecule has 2 fully saturated rings. The van der Waals surface area contributed by atoms with Crippen molar-refractivity contribution in [3.8, 4) is 0 Å². The van der Waals surface area contributed by atoms with E-state index in [1.807, 2.05) is 0 Å². The maximum atomic E-state index is 13.7. The van der Waals surface area contributed by atoms with Gasteiger partial charge in [-0.3, -0.25) is 4.79 Å². The van der Waals surface area contributed by atoms with Gasteiger partial charge in [-0.1, -0.05) is 17.7 Å². The van der Waals surface area contributed by atoms with E-state index < -0.39 is 15.7 Å². The van der Waals surface area contributed by atoms with E-state index in [1.165, 1.54) is 29.2 Å². The van der Waals surface area contributed by atoms with Gasteiger partial charge in [0.2, 0.25) is 5.91 Å². The predicted molar refractivity (Wildman–Crippen MR) is 94.8 cm³/mol. The Kier molecular flexibility index (Phi) is 5.46. The van der Waals surface area contributed by atoms with Crippen LogP contribution in [0.4, 0.5) is 4.39 Å². The number of rotatable bonds is 3. The van der Waals surface area contributed by atoms with Gasteiger partial charge in [0.05, 0.1) is 37.0 Å². The van der Waals surface area contributed by atoms with Crippen molar-refractivity contribution >= 4 is 33.4 Å². The highest BCUT2D eigenvalue weighted by atomic mass is 35.5. The number of halogens is 2. The van der Waals surface area contributed by atoms with E-state index in [1.54, 1.807) is 11.0 Å². The van der Waals surface area contributed by atoms with Crippen LogP contribution in [-0.4, -0.2) is 63.0 Å². The Morgan fingerprint density at radius 2 is 2.04 bits per heavy atom. The molecule has 0 radical (unpaired) electrons. The van der Waals surface area contributed by atoms with Crippen LogP contribution < -0.4 is 4.90 Å². The van der Waals surface area contributed by atoms with E-state index >= 15 is 0 Å². The Balaban J connectivity index is 1.56. The first kappa shape index (κ1) is 18.4. The van der Waals surface area contributed by atoms with Gasteiger partial charge in [-0.15, -0.1) is 0 Å². The van der Waals surface area contributed by atoms with E-state index in [0.717, 1.165) is 13.1 Å². The van der Waals surface area contributed by atoms with Crippen LogP contribution in [0.3, 0.4) is 0 Å². The number of quaternary nitrogens is 1. The van der Waals surface area contributed by atoms with Gasteiger partial charge < -0.3 is 9.80 Å². The van der Waals surface area contributed by atoms with Gasteiger partial charge in [-0.05, 0) is 18.2 Å². The molecule has 25 heavy (non-hydrogen) atoms. The maximum Gasteiger partial charge on any atom is 0.246 e. The van der Waals surface area contributed by atoms with Gasteiger partial charge in [-0.25, -0.2) is 12.8 Å². The fourth-order valence-corrected chi connectivity index (χ4v) is 5.52.